The lowest BCUT2D eigenvalue weighted by atomic mass is 10.1. The molecular formula is C9H8ClNOS. The van der Waals surface area contributed by atoms with Crippen LogP contribution < -0.4 is 5.73 Å². The summed E-state index contributed by atoms with van der Waals surface area (Å²) in [6.07, 6.45) is 0. The second-order valence-electron chi connectivity index (χ2n) is 2.77. The Morgan fingerprint density at radius 1 is 1.54 bits per heavy atom. The zero-order valence-corrected chi connectivity index (χ0v) is 8.32. The standard InChI is InChI=1S/C9H8ClNOS/c10-4-5-3-7(11)8(12)9-6(5)1-2-13-9/h1-3,12H,4,11H2. The van der Waals surface area contributed by atoms with E-state index in [2.05, 4.69) is 0 Å². The van der Waals surface area contributed by atoms with Crippen molar-refractivity contribution in [3.8, 4) is 5.75 Å². The Balaban J connectivity index is 2.87. The average Bonchev–Trinajstić information content (AvgIpc) is 2.60. The summed E-state index contributed by atoms with van der Waals surface area (Å²) < 4.78 is 0.815. The molecule has 0 spiro atoms. The van der Waals surface area contributed by atoms with Crippen LogP contribution >= 0.6 is 22.9 Å². The maximum atomic E-state index is 9.61. The molecule has 4 heteroatoms. The van der Waals surface area contributed by atoms with Gasteiger partial charge in [-0.15, -0.1) is 22.9 Å². The van der Waals surface area contributed by atoms with Gasteiger partial charge in [0.1, 0.15) is 0 Å². The lowest BCUT2D eigenvalue weighted by molar-refractivity contribution is 0.485. The Morgan fingerprint density at radius 2 is 2.31 bits per heavy atom. The maximum absolute atomic E-state index is 9.61. The van der Waals surface area contributed by atoms with E-state index in [1.807, 2.05) is 11.4 Å². The van der Waals surface area contributed by atoms with Crippen molar-refractivity contribution < 1.29 is 5.11 Å². The van der Waals surface area contributed by atoms with E-state index < -0.39 is 0 Å². The fraction of sp³-hybridized carbons (Fsp3) is 0.111. The van der Waals surface area contributed by atoms with Gasteiger partial charge in [0.15, 0.2) is 5.75 Å². The molecule has 2 rings (SSSR count). The first-order valence-corrected chi connectivity index (χ1v) is 5.19. The van der Waals surface area contributed by atoms with Gasteiger partial charge in [-0.3, -0.25) is 0 Å². The molecule has 0 bridgehead atoms. The number of alkyl halides is 1. The van der Waals surface area contributed by atoms with E-state index >= 15 is 0 Å². The highest BCUT2D eigenvalue weighted by molar-refractivity contribution is 7.17. The number of phenolic OH excluding ortho intramolecular Hbond substituents is 1. The Morgan fingerprint density at radius 3 is 3.00 bits per heavy atom. The minimum absolute atomic E-state index is 0.166. The minimum Gasteiger partial charge on any atom is -0.504 e. The Bertz CT molecular complexity index is 452. The SMILES string of the molecule is Nc1cc(CCl)c2ccsc2c1O. The van der Waals surface area contributed by atoms with Crippen LogP contribution in [0.4, 0.5) is 5.69 Å². The van der Waals surface area contributed by atoms with E-state index in [0.717, 1.165) is 15.6 Å². The van der Waals surface area contributed by atoms with Gasteiger partial charge < -0.3 is 10.8 Å². The van der Waals surface area contributed by atoms with Crippen LogP contribution in [-0.2, 0) is 5.88 Å². The molecule has 0 unspecified atom stereocenters. The van der Waals surface area contributed by atoms with Crippen LogP contribution in [0.3, 0.4) is 0 Å². The molecular weight excluding hydrogens is 206 g/mol. The number of rotatable bonds is 1. The molecule has 0 amide bonds. The number of aromatic hydroxyl groups is 1. The van der Waals surface area contributed by atoms with Gasteiger partial charge in [0.05, 0.1) is 10.4 Å². The second kappa shape index (κ2) is 3.09. The summed E-state index contributed by atoms with van der Waals surface area (Å²) in [6, 6.07) is 3.66. The highest BCUT2D eigenvalue weighted by atomic mass is 35.5. The Hall–Kier alpha value is -0.930. The van der Waals surface area contributed by atoms with Crippen molar-refractivity contribution in [1.82, 2.24) is 0 Å². The first-order chi connectivity index (χ1) is 6.24. The van der Waals surface area contributed by atoms with E-state index in [4.69, 9.17) is 17.3 Å². The van der Waals surface area contributed by atoms with E-state index in [-0.39, 0.29) is 5.75 Å². The number of fused-ring (bicyclic) bond motifs is 1. The van der Waals surface area contributed by atoms with Crippen LogP contribution in [0.25, 0.3) is 10.1 Å². The molecule has 0 radical (unpaired) electrons. The van der Waals surface area contributed by atoms with Crippen molar-refractivity contribution in [2.45, 2.75) is 5.88 Å². The Labute approximate surface area is 84.6 Å². The summed E-state index contributed by atoms with van der Waals surface area (Å²) in [6.45, 7) is 0. The monoisotopic (exact) mass is 213 g/mol. The minimum atomic E-state index is 0.166. The number of nitrogens with two attached hydrogens (primary N) is 1. The number of nitrogen functional groups attached to an aromatic ring is 1. The average molecular weight is 214 g/mol. The second-order valence-corrected chi connectivity index (χ2v) is 3.95. The number of benzene rings is 1. The zero-order chi connectivity index (χ0) is 9.42. The smallest absolute Gasteiger partial charge is 0.156 e. The van der Waals surface area contributed by atoms with Gasteiger partial charge in [0.25, 0.3) is 0 Å². The number of phenols is 1. The fourth-order valence-corrected chi connectivity index (χ4v) is 2.44. The summed E-state index contributed by atoms with van der Waals surface area (Å²) in [5, 5.41) is 12.5. The molecule has 1 aromatic carbocycles. The largest absolute Gasteiger partial charge is 0.504 e. The molecule has 0 atom stereocenters. The predicted octanol–water partition coefficient (Wildman–Crippen LogP) is 2.93. The lowest BCUT2D eigenvalue weighted by Crippen LogP contribution is -1.88. The van der Waals surface area contributed by atoms with Crippen molar-refractivity contribution >= 4 is 38.7 Å². The molecule has 0 saturated heterocycles. The number of halogens is 1. The molecule has 68 valence electrons. The summed E-state index contributed by atoms with van der Waals surface area (Å²) in [5.41, 5.74) is 6.98. The highest BCUT2D eigenvalue weighted by Crippen LogP contribution is 2.37. The summed E-state index contributed by atoms with van der Waals surface area (Å²) in [4.78, 5) is 0. The maximum Gasteiger partial charge on any atom is 0.156 e. The summed E-state index contributed by atoms with van der Waals surface area (Å²) >= 11 is 7.22. The topological polar surface area (TPSA) is 46.2 Å². The normalized spacial score (nSPS) is 10.8. The fourth-order valence-electron chi connectivity index (χ4n) is 1.32. The first kappa shape index (κ1) is 8.66. The van der Waals surface area contributed by atoms with Gasteiger partial charge in [-0.05, 0) is 23.1 Å². The van der Waals surface area contributed by atoms with E-state index in [0.29, 0.717) is 11.6 Å². The summed E-state index contributed by atoms with van der Waals surface area (Å²) in [5.74, 6) is 0.580. The molecule has 0 aliphatic rings. The van der Waals surface area contributed by atoms with Crippen LogP contribution in [0.1, 0.15) is 5.56 Å². The van der Waals surface area contributed by atoms with E-state index in [1.165, 1.54) is 11.3 Å². The number of hydrogen-bond donors (Lipinski definition) is 2. The number of anilines is 1. The van der Waals surface area contributed by atoms with E-state index in [1.54, 1.807) is 6.07 Å². The molecule has 2 nitrogen and oxygen atoms in total. The van der Waals surface area contributed by atoms with Crippen molar-refractivity contribution in [3.05, 3.63) is 23.1 Å². The molecule has 0 aliphatic heterocycles. The van der Waals surface area contributed by atoms with Crippen LogP contribution in [0, 0.1) is 0 Å². The Kier molecular flexibility index (Phi) is 2.06. The first-order valence-electron chi connectivity index (χ1n) is 3.77. The van der Waals surface area contributed by atoms with Crippen molar-refractivity contribution in [3.63, 3.8) is 0 Å². The van der Waals surface area contributed by atoms with Crippen LogP contribution in [0.5, 0.6) is 5.75 Å². The third-order valence-electron chi connectivity index (χ3n) is 1.97. The van der Waals surface area contributed by atoms with Crippen molar-refractivity contribution in [1.29, 1.82) is 0 Å². The quantitative estimate of drug-likeness (QED) is 0.435. The molecule has 0 saturated carbocycles. The van der Waals surface area contributed by atoms with Gasteiger partial charge in [-0.1, -0.05) is 0 Å². The lowest BCUT2D eigenvalue weighted by Gasteiger charge is -2.04. The molecule has 1 aromatic heterocycles. The van der Waals surface area contributed by atoms with Gasteiger partial charge in [0, 0.05) is 11.3 Å². The van der Waals surface area contributed by atoms with Crippen molar-refractivity contribution in [2.24, 2.45) is 0 Å². The van der Waals surface area contributed by atoms with Gasteiger partial charge >= 0.3 is 0 Å². The number of thiophene rings is 1. The molecule has 0 fully saturated rings. The van der Waals surface area contributed by atoms with Crippen LogP contribution in [-0.4, -0.2) is 5.11 Å². The summed E-state index contributed by atoms with van der Waals surface area (Å²) in [7, 11) is 0. The van der Waals surface area contributed by atoms with Crippen molar-refractivity contribution in [2.75, 3.05) is 5.73 Å². The van der Waals surface area contributed by atoms with Gasteiger partial charge in [-0.25, -0.2) is 0 Å². The zero-order valence-electron chi connectivity index (χ0n) is 6.75. The molecule has 1 heterocycles. The predicted molar refractivity (Wildman–Crippen MR) is 57.5 cm³/mol. The molecule has 3 N–H and O–H groups in total. The molecule has 0 aliphatic carbocycles. The number of hydrogen-bond acceptors (Lipinski definition) is 3. The molecule has 2 aromatic rings. The van der Waals surface area contributed by atoms with Gasteiger partial charge in [0.2, 0.25) is 0 Å². The third kappa shape index (κ3) is 1.24. The van der Waals surface area contributed by atoms with Crippen LogP contribution in [0.15, 0.2) is 17.5 Å². The van der Waals surface area contributed by atoms with Gasteiger partial charge in [-0.2, -0.15) is 0 Å². The molecule has 13 heavy (non-hydrogen) atoms. The van der Waals surface area contributed by atoms with Crippen LogP contribution in [0.2, 0.25) is 0 Å². The van der Waals surface area contributed by atoms with E-state index in [9.17, 15) is 5.11 Å². The third-order valence-corrected chi connectivity index (χ3v) is 3.18. The highest BCUT2D eigenvalue weighted by Gasteiger charge is 2.09.